The average molecular weight is 999 g/mol. The Morgan fingerprint density at radius 1 is 0.429 bits per heavy atom. The molecular weight excluding hydrogens is 909 g/mol. The van der Waals surface area contributed by atoms with Crippen LogP contribution < -0.4 is 16.0 Å². The van der Waals surface area contributed by atoms with E-state index in [1.54, 1.807) is 27.7 Å². The third-order valence-corrected chi connectivity index (χ3v) is 11.5. The molecule has 1 atom stereocenters. The maximum Gasteiger partial charge on any atom is 0.306 e. The van der Waals surface area contributed by atoms with Gasteiger partial charge in [-0.05, 0) is 19.3 Å². The predicted molar refractivity (Wildman–Crippen MR) is 264 cm³/mol. The number of nitrogens with zero attached hydrogens (tertiary/aromatic N) is 1. The standard InChI is InChI=1S/C51H90N4O15/c1-40(2)44(57)38-55(39-45(58)41(3)4)49(62)23-26-52-47(60)24-29-67-33-36-70-32-28-54-48(61)25-30-68-34-35-69-31-27-53-46(59)22-21-42(51(65)66)37-43(56)19-17-15-13-11-9-7-5-6-8-10-12-14-16-18-20-50(63)64/h40-42H,5-39H2,1-4H3,(H,52,60)(H,53,59)(H,54,61)(H,63,64)(H,65,66). The van der Waals surface area contributed by atoms with E-state index in [1.807, 2.05) is 0 Å². The Hall–Kier alpha value is -4.33. The number of hydrogen-bond acceptors (Lipinski definition) is 13. The first-order valence-electron chi connectivity index (χ1n) is 25.9. The number of carbonyl (C=O) groups excluding carboxylic acids is 7. The summed E-state index contributed by atoms with van der Waals surface area (Å²) in [5.41, 5.74) is 0. The molecule has 0 saturated carbocycles. The van der Waals surface area contributed by atoms with Gasteiger partial charge in [0, 0.05) is 76.4 Å². The zero-order valence-corrected chi connectivity index (χ0v) is 43.1. The van der Waals surface area contributed by atoms with Gasteiger partial charge in [-0.25, -0.2) is 0 Å². The molecule has 0 heterocycles. The summed E-state index contributed by atoms with van der Waals surface area (Å²) in [4.78, 5) is 110. The van der Waals surface area contributed by atoms with Crippen molar-refractivity contribution in [3.63, 3.8) is 0 Å². The van der Waals surface area contributed by atoms with Gasteiger partial charge in [-0.1, -0.05) is 105 Å². The molecule has 0 aliphatic heterocycles. The molecule has 1 unspecified atom stereocenters. The molecule has 0 spiro atoms. The van der Waals surface area contributed by atoms with Crippen molar-refractivity contribution in [2.75, 3.05) is 85.6 Å². The Bertz CT molecular complexity index is 1470. The van der Waals surface area contributed by atoms with E-state index >= 15 is 0 Å². The number of carboxylic acid groups (broad SMARTS) is 2. The fourth-order valence-electron chi connectivity index (χ4n) is 6.92. The van der Waals surface area contributed by atoms with Gasteiger partial charge in [-0.2, -0.15) is 0 Å². The minimum Gasteiger partial charge on any atom is -0.481 e. The number of Topliss-reactive ketones (excluding diaryl/α,β-unsaturated/α-hetero) is 3. The Morgan fingerprint density at radius 2 is 0.800 bits per heavy atom. The fraction of sp³-hybridized carbons (Fsp3) is 0.824. The average Bonchev–Trinajstić information content (AvgIpc) is 3.30. The van der Waals surface area contributed by atoms with Crippen molar-refractivity contribution in [2.45, 2.75) is 169 Å². The summed E-state index contributed by atoms with van der Waals surface area (Å²) in [6.07, 6.45) is 16.0. The number of hydrogen-bond donors (Lipinski definition) is 5. The van der Waals surface area contributed by atoms with E-state index in [0.29, 0.717) is 13.0 Å². The number of carbonyl (C=O) groups is 9. The molecule has 0 fully saturated rings. The van der Waals surface area contributed by atoms with E-state index in [0.717, 1.165) is 44.9 Å². The molecule has 5 N–H and O–H groups in total. The van der Waals surface area contributed by atoms with Gasteiger partial charge in [0.25, 0.3) is 0 Å². The van der Waals surface area contributed by atoms with Crippen molar-refractivity contribution in [1.82, 2.24) is 20.9 Å². The van der Waals surface area contributed by atoms with Crippen LogP contribution in [0, 0.1) is 17.8 Å². The second-order valence-corrected chi connectivity index (χ2v) is 18.4. The zero-order valence-electron chi connectivity index (χ0n) is 43.1. The molecule has 0 aromatic rings. The maximum atomic E-state index is 12.7. The minimum atomic E-state index is -1.07. The highest BCUT2D eigenvalue weighted by atomic mass is 16.5. The SMILES string of the molecule is CC(C)C(=O)CN(CC(=O)C(C)C)C(=O)CCNC(=O)CCOCCOCCNC(=O)CCOCCOCCNC(=O)CCC(CC(=O)CCCCCCCCCCCCCCCCC(=O)O)C(=O)O. The molecule has 0 aliphatic carbocycles. The van der Waals surface area contributed by atoms with Crippen LogP contribution >= 0.6 is 0 Å². The van der Waals surface area contributed by atoms with Gasteiger partial charge in [0.2, 0.25) is 23.6 Å². The third kappa shape index (κ3) is 41.5. The minimum absolute atomic E-state index is 0.00314. The van der Waals surface area contributed by atoms with Crippen LogP contribution in [0.15, 0.2) is 0 Å². The Balaban J connectivity index is 3.77. The summed E-state index contributed by atoms with van der Waals surface area (Å²) in [6, 6.07) is 0. The largest absolute Gasteiger partial charge is 0.481 e. The molecule has 0 aromatic heterocycles. The monoisotopic (exact) mass is 999 g/mol. The molecule has 0 aliphatic rings. The number of ether oxygens (including phenoxy) is 4. The number of rotatable bonds is 50. The topological polar surface area (TPSA) is 270 Å². The van der Waals surface area contributed by atoms with Crippen molar-refractivity contribution >= 4 is 52.9 Å². The van der Waals surface area contributed by atoms with Crippen molar-refractivity contribution in [3.05, 3.63) is 0 Å². The summed E-state index contributed by atoms with van der Waals surface area (Å²) in [7, 11) is 0. The van der Waals surface area contributed by atoms with Gasteiger partial charge >= 0.3 is 11.9 Å². The lowest BCUT2D eigenvalue weighted by Crippen LogP contribution is -2.42. The normalized spacial score (nSPS) is 11.6. The van der Waals surface area contributed by atoms with Crippen LogP contribution in [-0.2, 0) is 62.1 Å². The van der Waals surface area contributed by atoms with E-state index in [1.165, 1.54) is 49.8 Å². The Labute approximate surface area is 417 Å². The van der Waals surface area contributed by atoms with Gasteiger partial charge < -0.3 is 50.0 Å². The van der Waals surface area contributed by atoms with Crippen molar-refractivity contribution in [1.29, 1.82) is 0 Å². The second-order valence-electron chi connectivity index (χ2n) is 18.4. The zero-order chi connectivity index (χ0) is 52.2. The molecule has 70 heavy (non-hydrogen) atoms. The van der Waals surface area contributed by atoms with Crippen LogP contribution in [0.4, 0.5) is 0 Å². The first kappa shape index (κ1) is 65.7. The molecule has 0 bridgehead atoms. The summed E-state index contributed by atoms with van der Waals surface area (Å²) in [5, 5.41) is 26.3. The van der Waals surface area contributed by atoms with Crippen LogP contribution in [0.25, 0.3) is 0 Å². The number of carboxylic acids is 2. The van der Waals surface area contributed by atoms with E-state index in [2.05, 4.69) is 16.0 Å². The second kappa shape index (κ2) is 44.6. The van der Waals surface area contributed by atoms with Gasteiger partial charge in [0.1, 0.15) is 5.78 Å². The Morgan fingerprint density at radius 3 is 1.20 bits per heavy atom. The van der Waals surface area contributed by atoms with Crippen molar-refractivity contribution < 1.29 is 72.3 Å². The molecule has 4 amide bonds. The van der Waals surface area contributed by atoms with Gasteiger partial charge in [0.15, 0.2) is 11.6 Å². The van der Waals surface area contributed by atoms with Crippen molar-refractivity contribution in [2.24, 2.45) is 17.8 Å². The third-order valence-electron chi connectivity index (χ3n) is 11.5. The van der Waals surface area contributed by atoms with Gasteiger partial charge in [0.05, 0.1) is 71.9 Å². The molecule has 404 valence electrons. The molecule has 0 radical (unpaired) electrons. The molecule has 19 heteroatoms. The lowest BCUT2D eigenvalue weighted by atomic mass is 9.94. The van der Waals surface area contributed by atoms with Crippen LogP contribution in [0.1, 0.15) is 169 Å². The summed E-state index contributed by atoms with van der Waals surface area (Å²) >= 11 is 0. The number of unbranched alkanes of at least 4 members (excludes halogenated alkanes) is 13. The molecule has 19 nitrogen and oxygen atoms in total. The van der Waals surface area contributed by atoms with Crippen LogP contribution in [-0.4, -0.2) is 154 Å². The van der Waals surface area contributed by atoms with Gasteiger partial charge in [-0.3, -0.25) is 43.2 Å². The number of amides is 4. The predicted octanol–water partition coefficient (Wildman–Crippen LogP) is 5.62. The van der Waals surface area contributed by atoms with Crippen LogP contribution in [0.5, 0.6) is 0 Å². The van der Waals surface area contributed by atoms with Crippen LogP contribution in [0.2, 0.25) is 0 Å². The van der Waals surface area contributed by atoms with Crippen LogP contribution in [0.3, 0.4) is 0 Å². The van der Waals surface area contributed by atoms with E-state index < -0.39 is 17.9 Å². The molecule has 0 aromatic carbocycles. The summed E-state index contributed by atoms with van der Waals surface area (Å²) < 4.78 is 21.7. The highest BCUT2D eigenvalue weighted by Gasteiger charge is 2.24. The quantitative estimate of drug-likeness (QED) is 0.0463. The van der Waals surface area contributed by atoms with E-state index in [9.17, 15) is 48.3 Å². The molecule has 0 saturated heterocycles. The maximum absolute atomic E-state index is 12.7. The number of nitrogens with one attached hydrogen (secondary N) is 3. The van der Waals surface area contributed by atoms with Gasteiger partial charge in [-0.15, -0.1) is 0 Å². The van der Waals surface area contributed by atoms with E-state index in [4.69, 9.17) is 24.1 Å². The lowest BCUT2D eigenvalue weighted by Gasteiger charge is -2.23. The lowest BCUT2D eigenvalue weighted by molar-refractivity contribution is -0.144. The Kier molecular flexibility index (Phi) is 41.8. The smallest absolute Gasteiger partial charge is 0.306 e. The number of aliphatic carboxylic acids is 2. The molecular formula is C51H90N4O15. The van der Waals surface area contributed by atoms with E-state index in [-0.39, 0.29) is 177 Å². The first-order valence-corrected chi connectivity index (χ1v) is 25.9. The molecule has 0 rings (SSSR count). The highest BCUT2D eigenvalue weighted by molar-refractivity contribution is 5.91. The summed E-state index contributed by atoms with van der Waals surface area (Å²) in [5.74, 6) is -4.79. The first-order chi connectivity index (χ1) is 33.5. The highest BCUT2D eigenvalue weighted by Crippen LogP contribution is 2.17. The summed E-state index contributed by atoms with van der Waals surface area (Å²) in [6.45, 7) is 9.11. The van der Waals surface area contributed by atoms with Crippen molar-refractivity contribution in [3.8, 4) is 0 Å². The number of ketones is 3. The fourth-order valence-corrected chi connectivity index (χ4v) is 6.92.